The minimum Gasteiger partial charge on any atom is -0.482 e. The van der Waals surface area contributed by atoms with E-state index in [0.29, 0.717) is 18.5 Å². The van der Waals surface area contributed by atoms with Gasteiger partial charge in [0.1, 0.15) is 22.1 Å². The molecule has 182 valence electrons. The molecule has 1 aliphatic heterocycles. The van der Waals surface area contributed by atoms with Crippen LogP contribution in [-0.2, 0) is 9.84 Å². The second-order valence-corrected chi connectivity index (χ2v) is 10.8. The van der Waals surface area contributed by atoms with Crippen molar-refractivity contribution in [2.45, 2.75) is 31.7 Å². The molecule has 0 spiro atoms. The van der Waals surface area contributed by atoms with E-state index in [-0.39, 0.29) is 39.7 Å². The summed E-state index contributed by atoms with van der Waals surface area (Å²) in [6.45, 7) is 0.933. The van der Waals surface area contributed by atoms with E-state index in [4.69, 9.17) is 21.1 Å². The summed E-state index contributed by atoms with van der Waals surface area (Å²) >= 11 is 5.86. The highest BCUT2D eigenvalue weighted by molar-refractivity contribution is 7.91. The van der Waals surface area contributed by atoms with Gasteiger partial charge in [-0.15, -0.1) is 5.10 Å². The van der Waals surface area contributed by atoms with Crippen molar-refractivity contribution < 1.29 is 31.5 Å². The summed E-state index contributed by atoms with van der Waals surface area (Å²) in [5.74, 6) is -0.592. The second kappa shape index (κ2) is 9.29. The van der Waals surface area contributed by atoms with E-state index < -0.39 is 34.3 Å². The Balaban J connectivity index is 1.50. The Hall–Kier alpha value is -3.06. The SMILES string of the molecule is CC1(NC(=O)c2cn3nc(Oc4ncc(Cl)cc4OCC(F)F)ccc3n2)CCS(=O)(=O)CC1. The molecule has 1 amide bonds. The van der Waals surface area contributed by atoms with Gasteiger partial charge in [-0.05, 0) is 25.8 Å². The predicted octanol–water partition coefficient (Wildman–Crippen LogP) is 2.91. The van der Waals surface area contributed by atoms with Crippen molar-refractivity contribution in [3.63, 3.8) is 0 Å². The van der Waals surface area contributed by atoms with E-state index in [2.05, 4.69) is 20.4 Å². The van der Waals surface area contributed by atoms with Crippen LogP contribution < -0.4 is 14.8 Å². The molecule has 10 nitrogen and oxygen atoms in total. The molecule has 0 atom stereocenters. The highest BCUT2D eigenvalue weighted by Gasteiger charge is 2.35. The average Bonchev–Trinajstić information content (AvgIpc) is 3.20. The molecule has 4 rings (SSSR count). The lowest BCUT2D eigenvalue weighted by molar-refractivity contribution is 0.0803. The Kier molecular flexibility index (Phi) is 6.58. The van der Waals surface area contributed by atoms with E-state index >= 15 is 0 Å². The standard InChI is InChI=1S/C20H20ClF2N5O5S/c1-20(4-6-34(30,31)7-5-20)26-18(29)13-10-28-16(25-13)2-3-17(27-28)33-19-14(32-11-15(22)23)8-12(21)9-24-19/h2-3,8-10,15H,4-7,11H2,1H3,(H,26,29). The molecule has 1 aliphatic rings. The van der Waals surface area contributed by atoms with Gasteiger partial charge in [0, 0.05) is 23.9 Å². The van der Waals surface area contributed by atoms with Gasteiger partial charge in [-0.3, -0.25) is 4.79 Å². The second-order valence-electron chi connectivity index (χ2n) is 8.03. The van der Waals surface area contributed by atoms with Gasteiger partial charge in [0.15, 0.2) is 11.4 Å². The van der Waals surface area contributed by atoms with Crippen LogP contribution in [0.3, 0.4) is 0 Å². The van der Waals surface area contributed by atoms with Crippen LogP contribution in [0.4, 0.5) is 8.78 Å². The number of carbonyl (C=O) groups excluding carboxylic acids is 1. The van der Waals surface area contributed by atoms with Crippen LogP contribution in [0.5, 0.6) is 17.5 Å². The highest BCUT2D eigenvalue weighted by atomic mass is 35.5. The molecule has 0 unspecified atom stereocenters. The molecule has 3 aromatic rings. The summed E-state index contributed by atoms with van der Waals surface area (Å²) in [5, 5.41) is 7.25. The number of fused-ring (bicyclic) bond motifs is 1. The molecular formula is C20H20ClF2N5O5S. The molecule has 14 heteroatoms. The maximum absolute atomic E-state index is 12.7. The minimum atomic E-state index is -3.07. The number of pyridine rings is 1. The Labute approximate surface area is 198 Å². The van der Waals surface area contributed by atoms with Crippen LogP contribution in [0.1, 0.15) is 30.3 Å². The number of nitrogens with zero attached hydrogens (tertiary/aromatic N) is 4. The number of alkyl halides is 2. The number of rotatable bonds is 7. The smallest absolute Gasteiger partial charge is 0.272 e. The zero-order valence-corrected chi connectivity index (χ0v) is 19.4. The molecule has 1 fully saturated rings. The summed E-state index contributed by atoms with van der Waals surface area (Å²) in [6, 6.07) is 4.30. The van der Waals surface area contributed by atoms with Crippen LogP contribution in [0.15, 0.2) is 30.6 Å². The number of nitrogens with one attached hydrogen (secondary N) is 1. The number of sulfone groups is 1. The third-order valence-corrected chi connectivity index (χ3v) is 7.08. The molecule has 34 heavy (non-hydrogen) atoms. The van der Waals surface area contributed by atoms with Gasteiger partial charge in [-0.1, -0.05) is 11.6 Å². The Morgan fingerprint density at radius 2 is 2.06 bits per heavy atom. The third kappa shape index (κ3) is 5.70. The van der Waals surface area contributed by atoms with Gasteiger partial charge in [0.05, 0.1) is 22.7 Å². The van der Waals surface area contributed by atoms with Crippen LogP contribution in [0.25, 0.3) is 5.65 Å². The van der Waals surface area contributed by atoms with E-state index in [1.54, 1.807) is 13.0 Å². The van der Waals surface area contributed by atoms with E-state index in [1.807, 2.05) is 0 Å². The van der Waals surface area contributed by atoms with Gasteiger partial charge in [-0.2, -0.15) is 0 Å². The van der Waals surface area contributed by atoms with Crippen molar-refractivity contribution in [2.75, 3.05) is 18.1 Å². The van der Waals surface area contributed by atoms with Crippen LogP contribution in [0, 0.1) is 0 Å². The molecular weight excluding hydrogens is 496 g/mol. The van der Waals surface area contributed by atoms with Gasteiger partial charge >= 0.3 is 0 Å². The van der Waals surface area contributed by atoms with Crippen molar-refractivity contribution in [2.24, 2.45) is 0 Å². The summed E-state index contributed by atoms with van der Waals surface area (Å²) in [7, 11) is -3.07. The average molecular weight is 516 g/mol. The molecule has 1 saturated heterocycles. The number of hydrogen-bond acceptors (Lipinski definition) is 8. The lowest BCUT2D eigenvalue weighted by Crippen LogP contribution is -2.51. The number of imidazole rings is 1. The fourth-order valence-electron chi connectivity index (χ4n) is 3.32. The maximum atomic E-state index is 12.7. The monoisotopic (exact) mass is 515 g/mol. The lowest BCUT2D eigenvalue weighted by Gasteiger charge is -2.34. The van der Waals surface area contributed by atoms with Crippen LogP contribution in [0.2, 0.25) is 5.02 Å². The van der Waals surface area contributed by atoms with Gasteiger partial charge in [-0.25, -0.2) is 31.7 Å². The normalized spacial score (nSPS) is 17.0. The topological polar surface area (TPSA) is 125 Å². The summed E-state index contributed by atoms with van der Waals surface area (Å²) in [4.78, 5) is 20.9. The van der Waals surface area contributed by atoms with Crippen molar-refractivity contribution >= 4 is 33.0 Å². The van der Waals surface area contributed by atoms with Crippen LogP contribution >= 0.6 is 11.6 Å². The van der Waals surface area contributed by atoms with Gasteiger partial charge < -0.3 is 14.8 Å². The van der Waals surface area contributed by atoms with Crippen molar-refractivity contribution in [1.29, 1.82) is 0 Å². The zero-order chi connectivity index (χ0) is 24.5. The first-order valence-electron chi connectivity index (χ1n) is 10.2. The first kappa shape index (κ1) is 24.1. The first-order chi connectivity index (χ1) is 16.0. The molecule has 0 radical (unpaired) electrons. The lowest BCUT2D eigenvalue weighted by atomic mass is 9.95. The molecule has 0 saturated carbocycles. The zero-order valence-electron chi connectivity index (χ0n) is 17.9. The van der Waals surface area contributed by atoms with Gasteiger partial charge in [0.2, 0.25) is 5.88 Å². The Bertz CT molecular complexity index is 1320. The van der Waals surface area contributed by atoms with E-state index in [9.17, 15) is 22.0 Å². The highest BCUT2D eigenvalue weighted by Crippen LogP contribution is 2.31. The number of hydrogen-bond donors (Lipinski definition) is 1. The van der Waals surface area contributed by atoms with E-state index in [1.165, 1.54) is 29.0 Å². The number of ether oxygens (including phenoxy) is 2. The summed E-state index contributed by atoms with van der Waals surface area (Å²) < 4.78 is 60.3. The number of halogens is 3. The Morgan fingerprint density at radius 1 is 1.32 bits per heavy atom. The quantitative estimate of drug-likeness (QED) is 0.509. The van der Waals surface area contributed by atoms with Crippen molar-refractivity contribution in [3.8, 4) is 17.5 Å². The minimum absolute atomic E-state index is 0.0128. The molecule has 1 N–H and O–H groups in total. The fraction of sp³-hybridized carbons (Fsp3) is 0.400. The number of amides is 1. The van der Waals surface area contributed by atoms with Crippen molar-refractivity contribution in [1.82, 2.24) is 24.9 Å². The summed E-state index contributed by atoms with van der Waals surface area (Å²) in [6.07, 6.45) is 0.589. The third-order valence-electron chi connectivity index (χ3n) is 5.22. The fourth-order valence-corrected chi connectivity index (χ4v) is 5.20. The maximum Gasteiger partial charge on any atom is 0.272 e. The molecule has 0 bridgehead atoms. The number of aromatic nitrogens is 4. The summed E-state index contributed by atoms with van der Waals surface area (Å²) in [5.41, 5.74) is -0.216. The van der Waals surface area contributed by atoms with Gasteiger partial charge in [0.25, 0.3) is 18.2 Å². The first-order valence-corrected chi connectivity index (χ1v) is 12.4. The Morgan fingerprint density at radius 3 is 2.76 bits per heavy atom. The van der Waals surface area contributed by atoms with E-state index in [0.717, 1.165) is 0 Å². The van der Waals surface area contributed by atoms with Crippen molar-refractivity contribution in [3.05, 3.63) is 41.3 Å². The molecule has 0 aliphatic carbocycles. The largest absolute Gasteiger partial charge is 0.482 e. The number of carbonyl (C=O) groups is 1. The molecule has 3 aromatic heterocycles. The molecule has 0 aromatic carbocycles. The van der Waals surface area contributed by atoms with Crippen LogP contribution in [-0.4, -0.2) is 64.0 Å². The molecule has 4 heterocycles. The predicted molar refractivity (Wildman–Crippen MR) is 118 cm³/mol.